The van der Waals surface area contributed by atoms with E-state index in [1.165, 1.54) is 6.42 Å². The van der Waals surface area contributed by atoms with Crippen molar-refractivity contribution in [3.63, 3.8) is 0 Å². The summed E-state index contributed by atoms with van der Waals surface area (Å²) in [5.74, 6) is 3.60. The van der Waals surface area contributed by atoms with E-state index in [-0.39, 0.29) is 24.0 Å². The lowest BCUT2D eigenvalue weighted by molar-refractivity contribution is -0.139. The SMILES string of the molecule is CON[C@H](C(=O)N1CCC[C@H]1c1ncc(-c2ccc3c(c2)OCC2=C3C(C)Oc3cc(-c4cnc([C@@H]5CCCN5)[nH]4)ccc32)[nH]1)C(C)C. The Morgan fingerprint density at radius 2 is 1.71 bits per heavy atom. The predicted octanol–water partition coefficient (Wildman–Crippen LogP) is 5.81. The van der Waals surface area contributed by atoms with Crippen LogP contribution in [0.1, 0.15) is 81.3 Å². The number of H-pyrrole nitrogens is 2. The molecule has 4 N–H and O–H groups in total. The van der Waals surface area contributed by atoms with Crippen LogP contribution >= 0.6 is 0 Å². The molecular formula is C37H43N7O4. The summed E-state index contributed by atoms with van der Waals surface area (Å²) in [6.07, 6.45) is 7.71. The number of hydrogen-bond donors (Lipinski definition) is 4. The van der Waals surface area contributed by atoms with Gasteiger partial charge < -0.3 is 34.5 Å². The van der Waals surface area contributed by atoms with E-state index in [2.05, 4.69) is 69.1 Å². The highest BCUT2D eigenvalue weighted by molar-refractivity contribution is 5.99. The van der Waals surface area contributed by atoms with E-state index >= 15 is 0 Å². The molecule has 4 aliphatic heterocycles. The third-order valence-corrected chi connectivity index (χ3v) is 10.2. The van der Waals surface area contributed by atoms with Crippen LogP contribution in [0.25, 0.3) is 33.7 Å². The highest BCUT2D eigenvalue weighted by Crippen LogP contribution is 2.47. The maximum absolute atomic E-state index is 13.4. The van der Waals surface area contributed by atoms with Gasteiger partial charge in [-0.3, -0.25) is 4.79 Å². The first-order chi connectivity index (χ1) is 23.4. The smallest absolute Gasteiger partial charge is 0.242 e. The van der Waals surface area contributed by atoms with Crippen molar-refractivity contribution >= 4 is 17.1 Å². The van der Waals surface area contributed by atoms with Crippen LogP contribution in [-0.4, -0.2) is 69.7 Å². The van der Waals surface area contributed by atoms with Gasteiger partial charge in [0.2, 0.25) is 5.91 Å². The maximum atomic E-state index is 13.4. The number of ether oxygens (including phenoxy) is 2. The molecule has 0 radical (unpaired) electrons. The molecule has 0 saturated carbocycles. The third-order valence-electron chi connectivity index (χ3n) is 10.2. The van der Waals surface area contributed by atoms with Gasteiger partial charge in [0.25, 0.3) is 0 Å². The summed E-state index contributed by atoms with van der Waals surface area (Å²) in [5.41, 5.74) is 11.2. The van der Waals surface area contributed by atoms with Crippen molar-refractivity contribution in [2.45, 2.75) is 70.7 Å². The first kappa shape index (κ1) is 30.9. The number of imidazole rings is 2. The van der Waals surface area contributed by atoms with Crippen LogP contribution in [0.15, 0.2) is 48.8 Å². The second-order valence-corrected chi connectivity index (χ2v) is 13.6. The summed E-state index contributed by atoms with van der Waals surface area (Å²) < 4.78 is 13.0. The Morgan fingerprint density at radius 3 is 2.44 bits per heavy atom. The summed E-state index contributed by atoms with van der Waals surface area (Å²) in [7, 11) is 1.55. The van der Waals surface area contributed by atoms with E-state index in [0.29, 0.717) is 19.2 Å². The monoisotopic (exact) mass is 649 g/mol. The van der Waals surface area contributed by atoms with Crippen LogP contribution in [0.2, 0.25) is 0 Å². The van der Waals surface area contributed by atoms with E-state index in [0.717, 1.165) is 93.7 Å². The molecule has 0 aliphatic carbocycles. The number of nitrogens with one attached hydrogen (secondary N) is 4. The highest BCUT2D eigenvalue weighted by Gasteiger charge is 2.37. The van der Waals surface area contributed by atoms with E-state index in [1.54, 1.807) is 7.11 Å². The average Bonchev–Trinajstić information content (AvgIpc) is 3.93. The van der Waals surface area contributed by atoms with Gasteiger partial charge in [-0.15, -0.1) is 0 Å². The molecule has 48 heavy (non-hydrogen) atoms. The van der Waals surface area contributed by atoms with Gasteiger partial charge in [-0.2, -0.15) is 5.48 Å². The van der Waals surface area contributed by atoms with Crippen LogP contribution < -0.4 is 20.3 Å². The van der Waals surface area contributed by atoms with Crippen LogP contribution in [0.3, 0.4) is 0 Å². The fourth-order valence-corrected chi connectivity index (χ4v) is 7.72. The number of aromatic amines is 2. The number of amides is 1. The number of hydrogen-bond acceptors (Lipinski definition) is 8. The normalized spacial score (nSPS) is 22.3. The number of hydroxylamine groups is 1. The summed E-state index contributed by atoms with van der Waals surface area (Å²) >= 11 is 0. The van der Waals surface area contributed by atoms with Crippen molar-refractivity contribution in [3.8, 4) is 34.0 Å². The zero-order chi connectivity index (χ0) is 32.9. The van der Waals surface area contributed by atoms with Gasteiger partial charge in [-0.25, -0.2) is 9.97 Å². The Balaban J connectivity index is 1.03. The van der Waals surface area contributed by atoms with Gasteiger partial charge in [-0.1, -0.05) is 38.1 Å². The lowest BCUT2D eigenvalue weighted by Crippen LogP contribution is -2.48. The van der Waals surface area contributed by atoms with Gasteiger partial charge in [0.1, 0.15) is 41.9 Å². The molecule has 0 spiro atoms. The van der Waals surface area contributed by atoms with Gasteiger partial charge in [0.15, 0.2) is 0 Å². The lowest BCUT2D eigenvalue weighted by Gasteiger charge is -2.33. The number of rotatable bonds is 8. The lowest BCUT2D eigenvalue weighted by atomic mass is 9.86. The standard InChI is InChI=1S/C37H43N7O4/c1-20(2)34(43-46-4)37(45)44-14-6-8-30(44)36-40-18-29(42-36)22-10-12-25-31(15-22)47-19-26-24-11-9-23(16-32(24)48-21(3)33(25)26)28-17-39-35(41-28)27-7-5-13-38-27/h9-12,15-18,20-21,27,30,34,38,43H,5-8,13-14,19H2,1-4H3,(H,39,41)(H,40,42)/t21?,27-,30-,34-/m0/s1. The molecule has 1 unspecified atom stereocenters. The molecule has 0 bridgehead atoms. The predicted molar refractivity (Wildman–Crippen MR) is 183 cm³/mol. The Morgan fingerprint density at radius 1 is 0.979 bits per heavy atom. The molecular weight excluding hydrogens is 606 g/mol. The summed E-state index contributed by atoms with van der Waals surface area (Å²) in [6, 6.07) is 12.5. The van der Waals surface area contributed by atoms with Crippen molar-refractivity contribution in [2.75, 3.05) is 26.8 Å². The number of carbonyl (C=O) groups is 1. The molecule has 4 aliphatic rings. The fourth-order valence-electron chi connectivity index (χ4n) is 7.72. The largest absolute Gasteiger partial charge is 0.488 e. The molecule has 4 aromatic rings. The zero-order valence-electron chi connectivity index (χ0n) is 27.9. The molecule has 6 heterocycles. The molecule has 4 atom stereocenters. The number of nitrogens with zero attached hydrogens (tertiary/aromatic N) is 3. The fraction of sp³-hybridized carbons (Fsp3) is 0.432. The van der Waals surface area contributed by atoms with Crippen LogP contribution in [-0.2, 0) is 9.63 Å². The van der Waals surface area contributed by atoms with Crippen molar-refractivity contribution in [1.29, 1.82) is 0 Å². The number of fused-ring (bicyclic) bond motifs is 4. The minimum Gasteiger partial charge on any atom is -0.488 e. The third kappa shape index (κ3) is 5.39. The topological polar surface area (TPSA) is 129 Å². The quantitative estimate of drug-likeness (QED) is 0.176. The molecule has 2 fully saturated rings. The van der Waals surface area contributed by atoms with E-state index in [9.17, 15) is 4.79 Å². The molecule has 2 aromatic heterocycles. The van der Waals surface area contributed by atoms with Gasteiger partial charge in [0.05, 0.1) is 43.0 Å². The average molecular weight is 650 g/mol. The minimum absolute atomic E-state index is 0.0347. The molecule has 11 nitrogen and oxygen atoms in total. The zero-order valence-corrected chi connectivity index (χ0v) is 27.9. The van der Waals surface area contributed by atoms with Crippen LogP contribution in [0.4, 0.5) is 0 Å². The van der Waals surface area contributed by atoms with Crippen molar-refractivity contribution in [2.24, 2.45) is 5.92 Å². The van der Waals surface area contributed by atoms with E-state index in [1.807, 2.05) is 31.1 Å². The summed E-state index contributed by atoms with van der Waals surface area (Å²) in [6.45, 7) is 8.34. The molecule has 250 valence electrons. The summed E-state index contributed by atoms with van der Waals surface area (Å²) in [4.78, 5) is 36.9. The Bertz CT molecular complexity index is 1870. The first-order valence-corrected chi connectivity index (χ1v) is 17.1. The number of aromatic nitrogens is 4. The maximum Gasteiger partial charge on any atom is 0.242 e. The molecule has 8 rings (SSSR count). The Kier molecular flexibility index (Phi) is 8.06. The summed E-state index contributed by atoms with van der Waals surface area (Å²) in [5, 5.41) is 3.51. The van der Waals surface area contributed by atoms with E-state index < -0.39 is 6.04 Å². The van der Waals surface area contributed by atoms with Crippen LogP contribution in [0.5, 0.6) is 11.5 Å². The molecule has 11 heteroatoms. The van der Waals surface area contributed by atoms with E-state index in [4.69, 9.17) is 19.3 Å². The van der Waals surface area contributed by atoms with Gasteiger partial charge in [0, 0.05) is 39.9 Å². The van der Waals surface area contributed by atoms with Gasteiger partial charge in [-0.05, 0) is 57.2 Å². The second kappa shape index (κ2) is 12.5. The van der Waals surface area contributed by atoms with Gasteiger partial charge >= 0.3 is 0 Å². The van der Waals surface area contributed by atoms with Crippen LogP contribution in [0, 0.1) is 5.92 Å². The molecule has 2 aromatic carbocycles. The number of carbonyl (C=O) groups excluding carboxylic acids is 1. The Hall–Kier alpha value is -4.45. The number of likely N-dealkylation sites (tertiary alicyclic amines) is 1. The first-order valence-electron chi connectivity index (χ1n) is 17.1. The molecule has 2 saturated heterocycles. The highest BCUT2D eigenvalue weighted by atomic mass is 16.6. The Labute approximate surface area is 280 Å². The number of benzene rings is 2. The second-order valence-electron chi connectivity index (χ2n) is 13.6. The van der Waals surface area contributed by atoms with Crippen molar-refractivity contribution in [3.05, 3.63) is 71.6 Å². The minimum atomic E-state index is -0.411. The van der Waals surface area contributed by atoms with Crippen molar-refractivity contribution in [1.82, 2.24) is 35.6 Å². The molecule has 1 amide bonds. The van der Waals surface area contributed by atoms with Crippen molar-refractivity contribution < 1.29 is 19.1 Å².